The van der Waals surface area contributed by atoms with Gasteiger partial charge in [-0.1, -0.05) is 0 Å². The van der Waals surface area contributed by atoms with E-state index in [4.69, 9.17) is 0 Å². The summed E-state index contributed by atoms with van der Waals surface area (Å²) in [6, 6.07) is 1.10. The molecule has 0 aliphatic carbocycles. The Morgan fingerprint density at radius 3 is 2.33 bits per heavy atom. The van der Waals surface area contributed by atoms with E-state index in [0.717, 1.165) is 26.1 Å². The highest BCUT2D eigenvalue weighted by molar-refractivity contribution is 5.81. The van der Waals surface area contributed by atoms with E-state index >= 15 is 0 Å². The Morgan fingerprint density at radius 2 is 1.67 bits per heavy atom. The fraction of sp³-hybridized carbons (Fsp3) is 0.941. The molecule has 21 heavy (non-hydrogen) atoms. The molecule has 2 unspecified atom stereocenters. The summed E-state index contributed by atoms with van der Waals surface area (Å²) in [7, 11) is 0. The Kier molecular flexibility index (Phi) is 6.49. The van der Waals surface area contributed by atoms with Gasteiger partial charge in [-0.25, -0.2) is 0 Å². The standard InChI is InChI=1S/C17H33N3O/c1-14(2)19-12-7-8-16(9-13-19)18-15(3)17(21)20-10-5-4-6-11-20/h14-16,18H,4-13H2,1-3H3. The van der Waals surface area contributed by atoms with Crippen LogP contribution in [0.15, 0.2) is 0 Å². The highest BCUT2D eigenvalue weighted by Gasteiger charge is 2.25. The number of carbonyl (C=O) groups excluding carboxylic acids is 1. The zero-order valence-corrected chi connectivity index (χ0v) is 14.1. The van der Waals surface area contributed by atoms with Crippen molar-refractivity contribution in [3.63, 3.8) is 0 Å². The van der Waals surface area contributed by atoms with Gasteiger partial charge in [0.2, 0.25) is 5.91 Å². The van der Waals surface area contributed by atoms with Crippen molar-refractivity contribution in [1.29, 1.82) is 0 Å². The van der Waals surface area contributed by atoms with Crippen LogP contribution in [0.25, 0.3) is 0 Å². The molecule has 2 aliphatic rings. The topological polar surface area (TPSA) is 35.6 Å². The average Bonchev–Trinajstić information content (AvgIpc) is 2.73. The predicted octanol–water partition coefficient (Wildman–Crippen LogP) is 2.24. The number of nitrogens with one attached hydrogen (secondary N) is 1. The summed E-state index contributed by atoms with van der Waals surface area (Å²) < 4.78 is 0. The molecule has 1 N–H and O–H groups in total. The molecule has 2 rings (SSSR count). The number of amides is 1. The van der Waals surface area contributed by atoms with Gasteiger partial charge in [0.15, 0.2) is 0 Å². The van der Waals surface area contributed by atoms with Crippen molar-refractivity contribution in [2.24, 2.45) is 0 Å². The van der Waals surface area contributed by atoms with Crippen LogP contribution in [0.1, 0.15) is 59.3 Å². The van der Waals surface area contributed by atoms with Crippen LogP contribution >= 0.6 is 0 Å². The third kappa shape index (κ3) is 4.96. The highest BCUT2D eigenvalue weighted by Crippen LogP contribution is 2.15. The van der Waals surface area contributed by atoms with Crippen LogP contribution in [0.4, 0.5) is 0 Å². The zero-order valence-electron chi connectivity index (χ0n) is 14.1. The van der Waals surface area contributed by atoms with E-state index in [-0.39, 0.29) is 6.04 Å². The van der Waals surface area contributed by atoms with E-state index in [0.29, 0.717) is 18.0 Å². The molecule has 2 heterocycles. The fourth-order valence-corrected chi connectivity index (χ4v) is 3.61. The summed E-state index contributed by atoms with van der Waals surface area (Å²) in [6.07, 6.45) is 7.22. The van der Waals surface area contributed by atoms with Gasteiger partial charge in [-0.3, -0.25) is 4.79 Å². The van der Waals surface area contributed by atoms with Gasteiger partial charge in [0, 0.05) is 25.2 Å². The molecule has 0 aromatic rings. The molecule has 1 amide bonds. The monoisotopic (exact) mass is 295 g/mol. The average molecular weight is 295 g/mol. The molecule has 2 aliphatic heterocycles. The summed E-state index contributed by atoms with van der Waals surface area (Å²) in [6.45, 7) is 10.9. The molecule has 4 nitrogen and oxygen atoms in total. The first kappa shape index (κ1) is 16.8. The van der Waals surface area contributed by atoms with E-state index in [1.807, 2.05) is 6.92 Å². The zero-order chi connectivity index (χ0) is 15.2. The number of piperidine rings is 1. The first-order valence-electron chi connectivity index (χ1n) is 8.87. The minimum atomic E-state index is -0.0290. The van der Waals surface area contributed by atoms with E-state index in [1.54, 1.807) is 0 Å². The molecule has 2 saturated heterocycles. The van der Waals surface area contributed by atoms with Gasteiger partial charge in [0.25, 0.3) is 0 Å². The lowest BCUT2D eigenvalue weighted by molar-refractivity contribution is -0.134. The van der Waals surface area contributed by atoms with Crippen LogP contribution in [0.2, 0.25) is 0 Å². The largest absolute Gasteiger partial charge is 0.341 e. The third-order valence-electron chi connectivity index (χ3n) is 5.02. The molecule has 0 spiro atoms. The van der Waals surface area contributed by atoms with Crippen molar-refractivity contribution < 1.29 is 4.79 Å². The minimum absolute atomic E-state index is 0.0290. The van der Waals surface area contributed by atoms with E-state index in [1.165, 1.54) is 38.6 Å². The van der Waals surface area contributed by atoms with Crippen molar-refractivity contribution >= 4 is 5.91 Å². The molecular formula is C17H33N3O. The second kappa shape index (κ2) is 8.14. The van der Waals surface area contributed by atoms with Crippen LogP contribution in [-0.2, 0) is 4.79 Å². The number of hydrogen-bond donors (Lipinski definition) is 1. The van der Waals surface area contributed by atoms with Crippen LogP contribution in [0, 0.1) is 0 Å². The molecule has 0 aromatic carbocycles. The molecule has 0 bridgehead atoms. The van der Waals surface area contributed by atoms with Gasteiger partial charge in [-0.05, 0) is 72.4 Å². The lowest BCUT2D eigenvalue weighted by atomic mass is 10.1. The summed E-state index contributed by atoms with van der Waals surface area (Å²) in [5, 5.41) is 3.60. The normalized spacial score (nSPS) is 26.7. The number of carbonyl (C=O) groups is 1. The SMILES string of the molecule is CC(NC1CCCN(C(C)C)CC1)C(=O)N1CCCCC1. The van der Waals surface area contributed by atoms with Crippen molar-refractivity contribution in [3.8, 4) is 0 Å². The lowest BCUT2D eigenvalue weighted by Crippen LogP contribution is -2.49. The van der Waals surface area contributed by atoms with E-state index in [2.05, 4.69) is 29.0 Å². The van der Waals surface area contributed by atoms with E-state index in [9.17, 15) is 4.79 Å². The molecule has 4 heteroatoms. The van der Waals surface area contributed by atoms with Gasteiger partial charge in [0.1, 0.15) is 0 Å². The van der Waals surface area contributed by atoms with Crippen molar-refractivity contribution in [2.45, 2.75) is 77.4 Å². The Labute approximate surface area is 130 Å². The minimum Gasteiger partial charge on any atom is -0.341 e. The molecule has 0 aromatic heterocycles. The van der Waals surface area contributed by atoms with Gasteiger partial charge in [-0.15, -0.1) is 0 Å². The second-order valence-corrected chi connectivity index (χ2v) is 7.03. The maximum Gasteiger partial charge on any atom is 0.239 e. The quantitative estimate of drug-likeness (QED) is 0.864. The summed E-state index contributed by atoms with van der Waals surface area (Å²) in [5.41, 5.74) is 0. The predicted molar refractivity (Wildman–Crippen MR) is 87.4 cm³/mol. The first-order valence-corrected chi connectivity index (χ1v) is 8.87. The molecular weight excluding hydrogens is 262 g/mol. The van der Waals surface area contributed by atoms with Crippen molar-refractivity contribution in [1.82, 2.24) is 15.1 Å². The van der Waals surface area contributed by atoms with Crippen LogP contribution in [0.3, 0.4) is 0 Å². The molecule has 122 valence electrons. The molecule has 0 saturated carbocycles. The van der Waals surface area contributed by atoms with Crippen LogP contribution in [-0.4, -0.2) is 60.0 Å². The maximum absolute atomic E-state index is 12.5. The van der Waals surface area contributed by atoms with Crippen molar-refractivity contribution in [2.75, 3.05) is 26.2 Å². The third-order valence-corrected chi connectivity index (χ3v) is 5.02. The van der Waals surface area contributed by atoms with Crippen molar-refractivity contribution in [3.05, 3.63) is 0 Å². The van der Waals surface area contributed by atoms with E-state index < -0.39 is 0 Å². The Hall–Kier alpha value is -0.610. The Balaban J connectivity index is 1.78. The number of hydrogen-bond acceptors (Lipinski definition) is 3. The first-order chi connectivity index (χ1) is 10.1. The number of rotatable bonds is 4. The van der Waals surface area contributed by atoms with Crippen LogP contribution < -0.4 is 5.32 Å². The Bertz CT molecular complexity index is 326. The van der Waals surface area contributed by atoms with Crippen LogP contribution in [0.5, 0.6) is 0 Å². The maximum atomic E-state index is 12.5. The lowest BCUT2D eigenvalue weighted by Gasteiger charge is -2.31. The van der Waals surface area contributed by atoms with Gasteiger partial charge in [0.05, 0.1) is 6.04 Å². The number of likely N-dealkylation sites (tertiary alicyclic amines) is 2. The second-order valence-electron chi connectivity index (χ2n) is 7.03. The molecule has 2 atom stereocenters. The highest BCUT2D eigenvalue weighted by atomic mass is 16.2. The Morgan fingerprint density at radius 1 is 0.952 bits per heavy atom. The summed E-state index contributed by atoms with van der Waals surface area (Å²) in [4.78, 5) is 17.1. The molecule has 0 radical (unpaired) electrons. The number of nitrogens with zero attached hydrogens (tertiary/aromatic N) is 2. The summed E-state index contributed by atoms with van der Waals surface area (Å²) in [5.74, 6) is 0.305. The van der Waals surface area contributed by atoms with Gasteiger partial charge in [-0.2, -0.15) is 0 Å². The van der Waals surface area contributed by atoms with Gasteiger partial charge >= 0.3 is 0 Å². The fourth-order valence-electron chi connectivity index (χ4n) is 3.61. The molecule has 2 fully saturated rings. The van der Waals surface area contributed by atoms with Gasteiger partial charge < -0.3 is 15.1 Å². The summed E-state index contributed by atoms with van der Waals surface area (Å²) >= 11 is 0. The smallest absolute Gasteiger partial charge is 0.239 e.